The first-order valence-corrected chi connectivity index (χ1v) is 10.4. The molecule has 0 atom stereocenters. The zero-order valence-corrected chi connectivity index (χ0v) is 17.4. The lowest BCUT2D eigenvalue weighted by Crippen LogP contribution is -2.31. The third-order valence-electron chi connectivity index (χ3n) is 5.06. The molecule has 3 heterocycles. The number of aromatic nitrogens is 2. The first kappa shape index (κ1) is 18.3. The van der Waals surface area contributed by atoms with Gasteiger partial charge in [-0.1, -0.05) is 50.6 Å². The Morgan fingerprint density at radius 2 is 1.85 bits per heavy atom. The maximum Gasteiger partial charge on any atom is 0.133 e. The number of thiophene rings is 1. The van der Waals surface area contributed by atoms with Gasteiger partial charge in [-0.2, -0.15) is 0 Å². The quantitative estimate of drug-likeness (QED) is 0.614. The molecule has 0 saturated heterocycles. The molecule has 0 aliphatic carbocycles. The minimum atomic E-state index is 0.00944. The number of hydrogen-bond donors (Lipinski definition) is 0. The summed E-state index contributed by atoms with van der Waals surface area (Å²) < 4.78 is 0. The first-order chi connectivity index (χ1) is 12.9. The van der Waals surface area contributed by atoms with Gasteiger partial charge in [-0.15, -0.1) is 11.3 Å². The second-order valence-corrected chi connectivity index (χ2v) is 9.68. The van der Waals surface area contributed by atoms with Crippen molar-refractivity contribution in [3.8, 4) is 10.4 Å². The van der Waals surface area contributed by atoms with Gasteiger partial charge in [-0.25, -0.2) is 9.97 Å². The van der Waals surface area contributed by atoms with Crippen molar-refractivity contribution >= 4 is 11.3 Å². The second kappa shape index (κ2) is 7.17. The Morgan fingerprint density at radius 3 is 2.59 bits per heavy atom. The summed E-state index contributed by atoms with van der Waals surface area (Å²) in [4.78, 5) is 14.7. The highest BCUT2D eigenvalue weighted by Crippen LogP contribution is 2.30. The number of nitrogens with zero attached hydrogens (tertiary/aromatic N) is 3. The smallest absolute Gasteiger partial charge is 0.133 e. The van der Waals surface area contributed by atoms with Crippen LogP contribution in [0.15, 0.2) is 42.6 Å². The molecule has 140 valence electrons. The van der Waals surface area contributed by atoms with Gasteiger partial charge in [0.1, 0.15) is 5.82 Å². The molecule has 1 aromatic carbocycles. The molecule has 0 saturated carbocycles. The van der Waals surface area contributed by atoms with E-state index in [9.17, 15) is 0 Å². The van der Waals surface area contributed by atoms with Gasteiger partial charge in [-0.3, -0.25) is 4.90 Å². The SMILES string of the molecule is Cc1ccc(-c2ccc(CN3CCc4nc(C(C)(C)C)ncc4C3)s2)cc1. The standard InChI is InChI=1S/C23H27N3S/c1-16-5-7-17(8-6-16)21-10-9-19(27-21)15-26-12-11-20-18(14-26)13-24-22(25-20)23(2,3)4/h5-10,13H,11-12,14-15H2,1-4H3. The molecule has 0 spiro atoms. The average Bonchev–Trinajstić information content (AvgIpc) is 3.09. The summed E-state index contributed by atoms with van der Waals surface area (Å²) in [6.07, 6.45) is 3.05. The molecule has 0 N–H and O–H groups in total. The lowest BCUT2D eigenvalue weighted by atomic mass is 9.95. The predicted octanol–water partition coefficient (Wildman–Crippen LogP) is 5.37. The third-order valence-corrected chi connectivity index (χ3v) is 6.18. The van der Waals surface area contributed by atoms with Crippen molar-refractivity contribution in [2.24, 2.45) is 0 Å². The minimum absolute atomic E-state index is 0.00944. The Labute approximate surface area is 166 Å². The van der Waals surface area contributed by atoms with Gasteiger partial charge in [0.2, 0.25) is 0 Å². The lowest BCUT2D eigenvalue weighted by Gasteiger charge is -2.28. The van der Waals surface area contributed by atoms with Crippen LogP contribution in [-0.2, 0) is 24.9 Å². The topological polar surface area (TPSA) is 29.0 Å². The van der Waals surface area contributed by atoms with Crippen LogP contribution in [0.1, 0.15) is 48.3 Å². The molecule has 1 aliphatic rings. The molecule has 27 heavy (non-hydrogen) atoms. The monoisotopic (exact) mass is 377 g/mol. The highest BCUT2D eigenvalue weighted by molar-refractivity contribution is 7.15. The minimum Gasteiger partial charge on any atom is -0.293 e. The maximum absolute atomic E-state index is 4.84. The van der Waals surface area contributed by atoms with Crippen LogP contribution in [0, 0.1) is 6.92 Å². The zero-order chi connectivity index (χ0) is 19.0. The lowest BCUT2D eigenvalue weighted by molar-refractivity contribution is 0.244. The van der Waals surface area contributed by atoms with Crippen molar-refractivity contribution in [3.63, 3.8) is 0 Å². The van der Waals surface area contributed by atoms with Crippen molar-refractivity contribution in [2.75, 3.05) is 6.54 Å². The van der Waals surface area contributed by atoms with E-state index in [0.717, 1.165) is 31.9 Å². The predicted molar refractivity (Wildman–Crippen MR) is 113 cm³/mol. The van der Waals surface area contributed by atoms with Crippen molar-refractivity contribution < 1.29 is 0 Å². The van der Waals surface area contributed by atoms with Gasteiger partial charge >= 0.3 is 0 Å². The highest BCUT2D eigenvalue weighted by Gasteiger charge is 2.23. The van der Waals surface area contributed by atoms with Crippen LogP contribution < -0.4 is 0 Å². The van der Waals surface area contributed by atoms with Crippen LogP contribution in [0.4, 0.5) is 0 Å². The summed E-state index contributed by atoms with van der Waals surface area (Å²) >= 11 is 1.90. The van der Waals surface area contributed by atoms with E-state index in [0.29, 0.717) is 0 Å². The third kappa shape index (κ3) is 4.12. The molecule has 2 aromatic heterocycles. The Kier molecular flexibility index (Phi) is 4.87. The summed E-state index contributed by atoms with van der Waals surface area (Å²) in [6, 6.07) is 13.3. The maximum atomic E-state index is 4.84. The van der Waals surface area contributed by atoms with Crippen LogP contribution in [0.25, 0.3) is 10.4 Å². The van der Waals surface area contributed by atoms with Crippen molar-refractivity contribution in [1.29, 1.82) is 0 Å². The molecule has 0 unspecified atom stereocenters. The molecular weight excluding hydrogens is 350 g/mol. The molecule has 0 amide bonds. The fourth-order valence-electron chi connectivity index (χ4n) is 3.43. The number of hydrogen-bond acceptors (Lipinski definition) is 4. The van der Waals surface area contributed by atoms with Gasteiger partial charge in [0.25, 0.3) is 0 Å². The Hall–Kier alpha value is -2.04. The first-order valence-electron chi connectivity index (χ1n) is 9.62. The molecule has 0 fully saturated rings. The Morgan fingerprint density at radius 1 is 1.07 bits per heavy atom. The van der Waals surface area contributed by atoms with E-state index in [2.05, 4.69) is 74.0 Å². The molecule has 0 radical (unpaired) electrons. The van der Waals surface area contributed by atoms with Gasteiger partial charge in [0, 0.05) is 58.7 Å². The summed E-state index contributed by atoms with van der Waals surface area (Å²) in [5, 5.41) is 0. The fourth-order valence-corrected chi connectivity index (χ4v) is 4.48. The van der Waals surface area contributed by atoms with E-state index in [4.69, 9.17) is 4.98 Å². The fraction of sp³-hybridized carbons (Fsp3) is 0.391. The van der Waals surface area contributed by atoms with Crippen molar-refractivity contribution in [1.82, 2.24) is 14.9 Å². The zero-order valence-electron chi connectivity index (χ0n) is 16.6. The number of benzene rings is 1. The second-order valence-electron chi connectivity index (χ2n) is 8.51. The van der Waals surface area contributed by atoms with Gasteiger partial charge < -0.3 is 0 Å². The Balaban J connectivity index is 1.45. The van der Waals surface area contributed by atoms with Crippen LogP contribution in [-0.4, -0.2) is 21.4 Å². The summed E-state index contributed by atoms with van der Waals surface area (Å²) in [5.41, 5.74) is 5.14. The largest absolute Gasteiger partial charge is 0.293 e. The van der Waals surface area contributed by atoms with Crippen molar-refractivity contribution in [2.45, 2.75) is 52.6 Å². The van der Waals surface area contributed by atoms with Crippen LogP contribution in [0.5, 0.6) is 0 Å². The normalized spacial score (nSPS) is 15.0. The molecule has 3 nitrogen and oxygen atoms in total. The molecule has 1 aliphatic heterocycles. The molecule has 4 heteroatoms. The van der Waals surface area contributed by atoms with Crippen LogP contribution in [0.3, 0.4) is 0 Å². The molecule has 3 aromatic rings. The van der Waals surface area contributed by atoms with E-state index < -0.39 is 0 Å². The molecule has 0 bridgehead atoms. The number of aryl methyl sites for hydroxylation is 1. The summed E-state index contributed by atoms with van der Waals surface area (Å²) in [5.74, 6) is 0.954. The highest BCUT2D eigenvalue weighted by atomic mass is 32.1. The summed E-state index contributed by atoms with van der Waals surface area (Å²) in [7, 11) is 0. The van der Waals surface area contributed by atoms with E-state index in [-0.39, 0.29) is 5.41 Å². The van der Waals surface area contributed by atoms with Crippen LogP contribution >= 0.6 is 11.3 Å². The number of rotatable bonds is 3. The van der Waals surface area contributed by atoms with E-state index in [1.807, 2.05) is 17.5 Å². The van der Waals surface area contributed by atoms with Crippen molar-refractivity contribution in [3.05, 3.63) is 70.1 Å². The Bertz CT molecular complexity index is 935. The van der Waals surface area contributed by atoms with Gasteiger partial charge in [0.05, 0.1) is 0 Å². The molecule has 4 rings (SSSR count). The van der Waals surface area contributed by atoms with Crippen LogP contribution in [0.2, 0.25) is 0 Å². The molecular formula is C23H27N3S. The van der Waals surface area contributed by atoms with E-state index in [1.165, 1.54) is 32.1 Å². The summed E-state index contributed by atoms with van der Waals surface area (Å²) in [6.45, 7) is 11.6. The number of fused-ring (bicyclic) bond motifs is 1. The van der Waals surface area contributed by atoms with Gasteiger partial charge in [0.15, 0.2) is 0 Å². The van der Waals surface area contributed by atoms with E-state index >= 15 is 0 Å². The van der Waals surface area contributed by atoms with Gasteiger partial charge in [-0.05, 0) is 24.6 Å². The average molecular weight is 378 g/mol. The van der Waals surface area contributed by atoms with E-state index in [1.54, 1.807) is 0 Å².